The van der Waals surface area contributed by atoms with Gasteiger partial charge in [-0.1, -0.05) is 23.8 Å². The summed E-state index contributed by atoms with van der Waals surface area (Å²) in [5.41, 5.74) is 9.21. The molecular formula is C14H19NO. The number of amides is 1. The summed E-state index contributed by atoms with van der Waals surface area (Å²) in [6.07, 6.45) is 2.98. The fourth-order valence-corrected chi connectivity index (χ4v) is 2.41. The van der Waals surface area contributed by atoms with Crippen molar-refractivity contribution in [3.8, 4) is 0 Å². The normalized spacial score (nSPS) is 17.1. The Morgan fingerprint density at radius 2 is 2.12 bits per heavy atom. The minimum Gasteiger partial charge on any atom is -0.370 e. The summed E-state index contributed by atoms with van der Waals surface area (Å²) in [6, 6.07) is 6.47. The van der Waals surface area contributed by atoms with Gasteiger partial charge in [-0.15, -0.1) is 0 Å². The second-order valence-corrected chi connectivity index (χ2v) is 4.97. The maximum Gasteiger partial charge on any atom is 0.218 e. The smallest absolute Gasteiger partial charge is 0.218 e. The van der Waals surface area contributed by atoms with E-state index >= 15 is 0 Å². The molecule has 0 bridgehead atoms. The summed E-state index contributed by atoms with van der Waals surface area (Å²) in [6.45, 7) is 4.21. The number of rotatable bonds is 4. The molecule has 0 radical (unpaired) electrons. The largest absolute Gasteiger partial charge is 0.370 e. The van der Waals surface area contributed by atoms with Crippen molar-refractivity contribution in [3.63, 3.8) is 0 Å². The lowest BCUT2D eigenvalue weighted by atomic mass is 9.87. The number of nitrogens with two attached hydrogens (primary N) is 1. The van der Waals surface area contributed by atoms with Gasteiger partial charge in [0.15, 0.2) is 0 Å². The van der Waals surface area contributed by atoms with Crippen LogP contribution in [0, 0.1) is 19.8 Å². The second kappa shape index (κ2) is 4.28. The van der Waals surface area contributed by atoms with E-state index in [9.17, 15) is 4.79 Å². The third kappa shape index (κ3) is 2.43. The van der Waals surface area contributed by atoms with Crippen LogP contribution >= 0.6 is 0 Å². The van der Waals surface area contributed by atoms with E-state index in [1.165, 1.54) is 29.5 Å². The number of carbonyl (C=O) groups is 1. The lowest BCUT2D eigenvalue weighted by Gasteiger charge is -2.18. The maximum atomic E-state index is 11.1. The van der Waals surface area contributed by atoms with Gasteiger partial charge in [0, 0.05) is 6.42 Å². The molecule has 1 fully saturated rings. The monoisotopic (exact) mass is 217 g/mol. The first-order chi connectivity index (χ1) is 7.58. The molecule has 86 valence electrons. The first-order valence-electron chi connectivity index (χ1n) is 5.93. The highest BCUT2D eigenvalue weighted by Gasteiger charge is 2.33. The van der Waals surface area contributed by atoms with Gasteiger partial charge in [0.05, 0.1) is 0 Å². The lowest BCUT2D eigenvalue weighted by molar-refractivity contribution is -0.118. The van der Waals surface area contributed by atoms with Crippen molar-refractivity contribution in [1.29, 1.82) is 0 Å². The SMILES string of the molecule is Cc1ccc(C)c(C(CC(N)=O)C2CC2)c1. The molecule has 2 N–H and O–H groups in total. The number of benzene rings is 1. The van der Waals surface area contributed by atoms with Gasteiger partial charge in [-0.2, -0.15) is 0 Å². The first kappa shape index (κ1) is 11.2. The molecule has 2 rings (SSSR count). The van der Waals surface area contributed by atoms with Crippen LogP contribution in [0.5, 0.6) is 0 Å². The Kier molecular flexibility index (Phi) is 2.99. The van der Waals surface area contributed by atoms with Crippen molar-refractivity contribution in [1.82, 2.24) is 0 Å². The van der Waals surface area contributed by atoms with Gasteiger partial charge in [0.2, 0.25) is 5.91 Å². The molecule has 1 atom stereocenters. The number of hydrogen-bond donors (Lipinski definition) is 1. The highest BCUT2D eigenvalue weighted by atomic mass is 16.1. The molecule has 2 heteroatoms. The first-order valence-corrected chi connectivity index (χ1v) is 5.93. The number of carbonyl (C=O) groups excluding carboxylic acids is 1. The van der Waals surface area contributed by atoms with Crippen molar-refractivity contribution in [2.45, 2.75) is 39.0 Å². The van der Waals surface area contributed by atoms with E-state index in [1.54, 1.807) is 0 Å². The van der Waals surface area contributed by atoms with Gasteiger partial charge < -0.3 is 5.73 Å². The van der Waals surface area contributed by atoms with Crippen LogP contribution in [0.4, 0.5) is 0 Å². The topological polar surface area (TPSA) is 43.1 Å². The van der Waals surface area contributed by atoms with E-state index in [0.29, 0.717) is 18.3 Å². The predicted octanol–water partition coefficient (Wildman–Crippen LogP) is 2.67. The Balaban J connectivity index is 2.30. The van der Waals surface area contributed by atoms with Crippen LogP contribution < -0.4 is 5.73 Å². The molecule has 1 aromatic rings. The van der Waals surface area contributed by atoms with Gasteiger partial charge in [-0.05, 0) is 49.7 Å². The summed E-state index contributed by atoms with van der Waals surface area (Å²) in [4.78, 5) is 11.1. The van der Waals surface area contributed by atoms with Crippen molar-refractivity contribution >= 4 is 5.91 Å². The lowest BCUT2D eigenvalue weighted by Crippen LogP contribution is -2.17. The molecule has 0 spiro atoms. The molecule has 1 aromatic carbocycles. The molecule has 1 saturated carbocycles. The number of hydrogen-bond acceptors (Lipinski definition) is 1. The van der Waals surface area contributed by atoms with E-state index < -0.39 is 0 Å². The minimum absolute atomic E-state index is 0.183. The summed E-state index contributed by atoms with van der Waals surface area (Å²) < 4.78 is 0. The standard InChI is InChI=1S/C14H19NO/c1-9-3-4-10(2)12(7-9)13(8-14(15)16)11-5-6-11/h3-4,7,11,13H,5-6,8H2,1-2H3,(H2,15,16). The van der Waals surface area contributed by atoms with E-state index in [-0.39, 0.29) is 5.91 Å². The molecule has 1 unspecified atom stereocenters. The van der Waals surface area contributed by atoms with Gasteiger partial charge >= 0.3 is 0 Å². The molecule has 16 heavy (non-hydrogen) atoms. The zero-order valence-corrected chi connectivity index (χ0v) is 9.99. The Labute approximate surface area is 96.8 Å². The molecular weight excluding hydrogens is 198 g/mol. The average Bonchev–Trinajstić information content (AvgIpc) is 3.02. The van der Waals surface area contributed by atoms with Crippen LogP contribution in [0.25, 0.3) is 0 Å². The molecule has 0 aromatic heterocycles. The average molecular weight is 217 g/mol. The van der Waals surface area contributed by atoms with Gasteiger partial charge in [0.1, 0.15) is 0 Å². The predicted molar refractivity (Wildman–Crippen MR) is 65.2 cm³/mol. The molecule has 0 aliphatic heterocycles. The van der Waals surface area contributed by atoms with E-state index in [4.69, 9.17) is 5.73 Å². The Morgan fingerprint density at radius 1 is 1.44 bits per heavy atom. The summed E-state index contributed by atoms with van der Waals surface area (Å²) in [5.74, 6) is 0.836. The Hall–Kier alpha value is -1.31. The van der Waals surface area contributed by atoms with Crippen molar-refractivity contribution in [2.24, 2.45) is 11.7 Å². The highest BCUT2D eigenvalue weighted by molar-refractivity contribution is 5.75. The highest BCUT2D eigenvalue weighted by Crippen LogP contribution is 2.45. The van der Waals surface area contributed by atoms with Crippen molar-refractivity contribution < 1.29 is 4.79 Å². The van der Waals surface area contributed by atoms with Crippen LogP contribution in [-0.4, -0.2) is 5.91 Å². The fourth-order valence-electron chi connectivity index (χ4n) is 2.41. The Bertz CT molecular complexity index is 407. The fraction of sp³-hybridized carbons (Fsp3) is 0.500. The van der Waals surface area contributed by atoms with Crippen LogP contribution in [0.2, 0.25) is 0 Å². The summed E-state index contributed by atoms with van der Waals surface area (Å²) in [7, 11) is 0. The molecule has 1 aliphatic carbocycles. The zero-order valence-electron chi connectivity index (χ0n) is 9.99. The van der Waals surface area contributed by atoms with Crippen molar-refractivity contribution in [3.05, 3.63) is 34.9 Å². The molecule has 0 saturated heterocycles. The second-order valence-electron chi connectivity index (χ2n) is 4.97. The van der Waals surface area contributed by atoms with Crippen LogP contribution in [0.15, 0.2) is 18.2 Å². The zero-order chi connectivity index (χ0) is 11.7. The van der Waals surface area contributed by atoms with E-state index in [1.807, 2.05) is 0 Å². The number of aryl methyl sites for hydroxylation is 2. The third-order valence-electron chi connectivity index (χ3n) is 3.45. The van der Waals surface area contributed by atoms with Crippen LogP contribution in [0.3, 0.4) is 0 Å². The Morgan fingerprint density at radius 3 is 2.69 bits per heavy atom. The molecule has 0 heterocycles. The van der Waals surface area contributed by atoms with Gasteiger partial charge in [0.25, 0.3) is 0 Å². The summed E-state index contributed by atoms with van der Waals surface area (Å²) in [5, 5.41) is 0. The maximum absolute atomic E-state index is 11.1. The number of primary amides is 1. The minimum atomic E-state index is -0.183. The van der Waals surface area contributed by atoms with Crippen LogP contribution in [-0.2, 0) is 4.79 Å². The molecule has 1 amide bonds. The van der Waals surface area contributed by atoms with E-state index in [2.05, 4.69) is 32.0 Å². The van der Waals surface area contributed by atoms with Crippen molar-refractivity contribution in [2.75, 3.05) is 0 Å². The summed E-state index contributed by atoms with van der Waals surface area (Å²) >= 11 is 0. The molecule has 1 aliphatic rings. The van der Waals surface area contributed by atoms with Gasteiger partial charge in [-0.3, -0.25) is 4.79 Å². The van der Waals surface area contributed by atoms with Gasteiger partial charge in [-0.25, -0.2) is 0 Å². The van der Waals surface area contributed by atoms with E-state index in [0.717, 1.165) is 0 Å². The quantitative estimate of drug-likeness (QED) is 0.827. The van der Waals surface area contributed by atoms with Crippen LogP contribution in [0.1, 0.15) is 41.9 Å². The molecule has 2 nitrogen and oxygen atoms in total. The third-order valence-corrected chi connectivity index (χ3v) is 3.45.